The van der Waals surface area contributed by atoms with Gasteiger partial charge in [0.2, 0.25) is 15.9 Å². The first-order valence-corrected chi connectivity index (χ1v) is 12.9. The van der Waals surface area contributed by atoms with Gasteiger partial charge in [-0.2, -0.15) is 0 Å². The summed E-state index contributed by atoms with van der Waals surface area (Å²) in [6, 6.07) is 8.59. The molecule has 0 atom stereocenters. The van der Waals surface area contributed by atoms with Crippen molar-refractivity contribution in [1.29, 1.82) is 0 Å². The largest absolute Gasteiger partial charge is 0.385 e. The standard InChI is InChI=1S/C23H38N4O3S/c1-18(28)26-13-15-27(16-14-26)22-11-9-20(10-12-22)24-17-19-5-7-21(8-6-19)25-31(29,30)23(2,3)4/h9-12,19,21,24-25H,5-8,13-17H2,1-4H3/t19-,21-. The lowest BCUT2D eigenvalue weighted by Crippen LogP contribution is -2.48. The molecule has 1 amide bonds. The van der Waals surface area contributed by atoms with Crippen LogP contribution in [0.1, 0.15) is 53.4 Å². The molecule has 0 unspecified atom stereocenters. The number of anilines is 2. The first-order chi connectivity index (χ1) is 14.5. The topological polar surface area (TPSA) is 81.8 Å². The molecule has 1 aromatic rings. The van der Waals surface area contributed by atoms with E-state index in [1.807, 2.05) is 4.90 Å². The minimum absolute atomic E-state index is 0.0585. The first-order valence-electron chi connectivity index (χ1n) is 11.4. The van der Waals surface area contributed by atoms with Crippen LogP contribution in [0.25, 0.3) is 0 Å². The molecule has 0 spiro atoms. The summed E-state index contributed by atoms with van der Waals surface area (Å²) in [5.74, 6) is 0.717. The van der Waals surface area contributed by atoms with Gasteiger partial charge in [0.1, 0.15) is 0 Å². The van der Waals surface area contributed by atoms with Crippen molar-refractivity contribution in [2.24, 2.45) is 5.92 Å². The summed E-state index contributed by atoms with van der Waals surface area (Å²) < 4.78 is 26.8. The van der Waals surface area contributed by atoms with Gasteiger partial charge >= 0.3 is 0 Å². The summed E-state index contributed by atoms with van der Waals surface area (Å²) in [5.41, 5.74) is 2.31. The molecule has 8 heteroatoms. The third kappa shape index (κ3) is 6.35. The van der Waals surface area contributed by atoms with Gasteiger partial charge < -0.3 is 15.1 Å². The van der Waals surface area contributed by atoms with Crippen molar-refractivity contribution >= 4 is 27.3 Å². The molecule has 174 valence electrons. The molecular formula is C23H38N4O3S. The van der Waals surface area contributed by atoms with E-state index in [-0.39, 0.29) is 11.9 Å². The molecule has 2 N–H and O–H groups in total. The predicted molar refractivity (Wildman–Crippen MR) is 127 cm³/mol. The van der Waals surface area contributed by atoms with E-state index in [0.717, 1.165) is 64.1 Å². The number of hydrogen-bond donors (Lipinski definition) is 2. The van der Waals surface area contributed by atoms with Crippen molar-refractivity contribution in [2.45, 2.75) is 64.2 Å². The van der Waals surface area contributed by atoms with Crippen LogP contribution in [0, 0.1) is 5.92 Å². The highest BCUT2D eigenvalue weighted by molar-refractivity contribution is 7.90. The SMILES string of the molecule is CC(=O)N1CCN(c2ccc(NC[C@H]3CC[C@H](NS(=O)(=O)C(C)(C)C)CC3)cc2)CC1. The summed E-state index contributed by atoms with van der Waals surface area (Å²) in [5, 5.41) is 3.54. The van der Waals surface area contributed by atoms with E-state index in [0.29, 0.717) is 5.92 Å². The number of piperazine rings is 1. The number of benzene rings is 1. The summed E-state index contributed by atoms with van der Waals surface area (Å²) in [6.07, 6.45) is 3.85. The normalized spacial score (nSPS) is 23.0. The summed E-state index contributed by atoms with van der Waals surface area (Å²) in [7, 11) is -3.28. The van der Waals surface area contributed by atoms with Crippen LogP contribution >= 0.6 is 0 Å². The molecule has 1 aliphatic carbocycles. The zero-order valence-corrected chi connectivity index (χ0v) is 20.2. The zero-order valence-electron chi connectivity index (χ0n) is 19.4. The first kappa shape index (κ1) is 23.9. The van der Waals surface area contributed by atoms with Crippen LogP contribution in [0.4, 0.5) is 11.4 Å². The third-order valence-corrected chi connectivity index (χ3v) is 8.78. The number of carbonyl (C=O) groups is 1. The molecule has 0 bridgehead atoms. The number of nitrogens with one attached hydrogen (secondary N) is 2. The second kappa shape index (κ2) is 9.77. The van der Waals surface area contributed by atoms with Gasteiger partial charge in [0.25, 0.3) is 0 Å². The molecule has 0 radical (unpaired) electrons. The molecule has 1 heterocycles. The molecule has 1 saturated carbocycles. The minimum Gasteiger partial charge on any atom is -0.385 e. The van der Waals surface area contributed by atoms with Gasteiger partial charge in [0.05, 0.1) is 4.75 Å². The molecule has 7 nitrogen and oxygen atoms in total. The second-order valence-corrected chi connectivity index (χ2v) is 12.3. The summed E-state index contributed by atoms with van der Waals surface area (Å²) in [4.78, 5) is 15.7. The molecule has 31 heavy (non-hydrogen) atoms. The van der Waals surface area contributed by atoms with Crippen LogP contribution in [0.5, 0.6) is 0 Å². The van der Waals surface area contributed by atoms with E-state index in [4.69, 9.17) is 0 Å². The molecule has 2 aliphatic rings. The predicted octanol–water partition coefficient (Wildman–Crippen LogP) is 3.04. The molecular weight excluding hydrogens is 412 g/mol. The Morgan fingerprint density at radius 3 is 2.10 bits per heavy atom. The molecule has 1 aromatic carbocycles. The van der Waals surface area contributed by atoms with Crippen molar-refractivity contribution in [3.05, 3.63) is 24.3 Å². The Morgan fingerprint density at radius 1 is 1.00 bits per heavy atom. The van der Waals surface area contributed by atoms with Crippen LogP contribution in [0.2, 0.25) is 0 Å². The molecule has 1 saturated heterocycles. The van der Waals surface area contributed by atoms with Crippen LogP contribution in [0.3, 0.4) is 0 Å². The number of nitrogens with zero attached hydrogens (tertiary/aromatic N) is 2. The van der Waals surface area contributed by atoms with Gasteiger partial charge in [-0.25, -0.2) is 13.1 Å². The number of amides is 1. The minimum atomic E-state index is -3.28. The van der Waals surface area contributed by atoms with Gasteiger partial charge in [-0.3, -0.25) is 4.79 Å². The number of hydrogen-bond acceptors (Lipinski definition) is 5. The van der Waals surface area contributed by atoms with E-state index in [1.54, 1.807) is 27.7 Å². The highest BCUT2D eigenvalue weighted by atomic mass is 32.2. The van der Waals surface area contributed by atoms with Crippen LogP contribution in [-0.2, 0) is 14.8 Å². The number of rotatable bonds is 6. The van der Waals surface area contributed by atoms with E-state index in [2.05, 4.69) is 39.2 Å². The monoisotopic (exact) mass is 450 g/mol. The zero-order chi connectivity index (χ0) is 22.6. The maximum absolute atomic E-state index is 12.4. The quantitative estimate of drug-likeness (QED) is 0.696. The van der Waals surface area contributed by atoms with Gasteiger partial charge in [-0.05, 0) is 76.6 Å². The Bertz CT molecular complexity index is 833. The third-order valence-electron chi connectivity index (χ3n) is 6.53. The van der Waals surface area contributed by atoms with Crippen molar-refractivity contribution in [1.82, 2.24) is 9.62 Å². The molecule has 0 aromatic heterocycles. The lowest BCUT2D eigenvalue weighted by molar-refractivity contribution is -0.129. The lowest BCUT2D eigenvalue weighted by Gasteiger charge is -2.35. The van der Waals surface area contributed by atoms with Crippen LogP contribution < -0.4 is 14.9 Å². The lowest BCUT2D eigenvalue weighted by atomic mass is 9.86. The highest BCUT2D eigenvalue weighted by Gasteiger charge is 2.32. The Kier molecular flexibility index (Phi) is 7.52. The maximum Gasteiger partial charge on any atom is 0.219 e. The maximum atomic E-state index is 12.4. The number of sulfonamides is 1. The van der Waals surface area contributed by atoms with E-state index in [1.165, 1.54) is 5.69 Å². The van der Waals surface area contributed by atoms with Crippen LogP contribution in [-0.4, -0.2) is 62.7 Å². The van der Waals surface area contributed by atoms with Gasteiger partial charge in [-0.15, -0.1) is 0 Å². The Morgan fingerprint density at radius 2 is 1.58 bits per heavy atom. The average Bonchev–Trinajstić information content (AvgIpc) is 2.73. The fourth-order valence-corrected chi connectivity index (χ4v) is 5.24. The smallest absolute Gasteiger partial charge is 0.219 e. The van der Waals surface area contributed by atoms with Gasteiger partial charge in [0.15, 0.2) is 0 Å². The van der Waals surface area contributed by atoms with E-state index in [9.17, 15) is 13.2 Å². The van der Waals surface area contributed by atoms with Crippen molar-refractivity contribution in [2.75, 3.05) is 42.9 Å². The van der Waals surface area contributed by atoms with Crippen LogP contribution in [0.15, 0.2) is 24.3 Å². The second-order valence-electron chi connectivity index (χ2n) is 9.87. The fourth-order valence-electron chi connectivity index (χ4n) is 4.21. The van der Waals surface area contributed by atoms with Crippen molar-refractivity contribution < 1.29 is 13.2 Å². The molecule has 3 rings (SSSR count). The Hall–Kier alpha value is -1.80. The number of carbonyl (C=O) groups excluding carboxylic acids is 1. The summed E-state index contributed by atoms with van der Waals surface area (Å²) in [6.45, 7) is 11.1. The Labute approximate surface area is 187 Å². The fraction of sp³-hybridized carbons (Fsp3) is 0.696. The average molecular weight is 451 g/mol. The van der Waals surface area contributed by atoms with E-state index < -0.39 is 14.8 Å². The summed E-state index contributed by atoms with van der Waals surface area (Å²) >= 11 is 0. The van der Waals surface area contributed by atoms with Gasteiger partial charge in [-0.1, -0.05) is 0 Å². The van der Waals surface area contributed by atoms with Crippen molar-refractivity contribution in [3.63, 3.8) is 0 Å². The molecule has 1 aliphatic heterocycles. The Balaban J connectivity index is 1.41. The van der Waals surface area contributed by atoms with Crippen molar-refractivity contribution in [3.8, 4) is 0 Å². The molecule has 2 fully saturated rings. The van der Waals surface area contributed by atoms with E-state index >= 15 is 0 Å². The van der Waals surface area contributed by atoms with Gasteiger partial charge in [0, 0.05) is 57.1 Å². The highest BCUT2D eigenvalue weighted by Crippen LogP contribution is 2.27.